The average molecular weight is 280 g/mol. The molecule has 1 aliphatic heterocycles. The summed E-state index contributed by atoms with van der Waals surface area (Å²) in [5.41, 5.74) is 3.18. The second kappa shape index (κ2) is 6.42. The molecule has 0 saturated carbocycles. The largest absolute Gasteiger partial charge is 0.326 e. The molecule has 1 aromatic carbocycles. The fourth-order valence-corrected chi connectivity index (χ4v) is 3.26. The summed E-state index contributed by atoms with van der Waals surface area (Å²) in [6.07, 6.45) is 5.14. The summed E-state index contributed by atoms with van der Waals surface area (Å²) >= 11 is 6.66. The van der Waals surface area contributed by atoms with E-state index in [1.807, 2.05) is 6.07 Å². The number of anilines is 1. The van der Waals surface area contributed by atoms with Crippen LogP contribution < -0.4 is 5.32 Å². The predicted molar refractivity (Wildman–Crippen MR) is 80.7 cm³/mol. The molecule has 1 unspecified atom stereocenters. The number of carbonyl (C=O) groups excluding carboxylic acids is 1. The van der Waals surface area contributed by atoms with Crippen molar-refractivity contribution in [2.45, 2.75) is 51.3 Å². The minimum Gasteiger partial charge on any atom is -0.326 e. The Labute approximate surface area is 120 Å². The van der Waals surface area contributed by atoms with Crippen LogP contribution in [0.3, 0.4) is 0 Å². The number of amides is 1. The number of carbonyl (C=O) groups is 1. The van der Waals surface area contributed by atoms with E-state index in [0.29, 0.717) is 12.3 Å². The molecule has 0 aliphatic carbocycles. The van der Waals surface area contributed by atoms with Crippen LogP contribution in [0.2, 0.25) is 0 Å². The van der Waals surface area contributed by atoms with Gasteiger partial charge in [0.25, 0.3) is 0 Å². The quantitative estimate of drug-likeness (QED) is 0.753. The minimum absolute atomic E-state index is 0.0564. The van der Waals surface area contributed by atoms with E-state index in [9.17, 15) is 4.79 Å². The Bertz CT molecular complexity index is 452. The van der Waals surface area contributed by atoms with Gasteiger partial charge in [-0.1, -0.05) is 38.8 Å². The van der Waals surface area contributed by atoms with E-state index < -0.39 is 0 Å². The van der Waals surface area contributed by atoms with Crippen molar-refractivity contribution in [1.82, 2.24) is 0 Å². The second-order valence-electron chi connectivity index (χ2n) is 5.38. The number of hydrogen-bond donors (Lipinski definition) is 1. The van der Waals surface area contributed by atoms with Crippen molar-refractivity contribution in [1.29, 1.82) is 0 Å². The third-order valence-electron chi connectivity index (χ3n) is 3.81. The van der Waals surface area contributed by atoms with E-state index in [4.69, 9.17) is 11.6 Å². The van der Waals surface area contributed by atoms with E-state index in [1.165, 1.54) is 12.8 Å². The number of hydrogen-bond acceptors (Lipinski definition) is 1. The average Bonchev–Trinajstić information content (AvgIpc) is 2.76. The third-order valence-corrected chi connectivity index (χ3v) is 4.41. The van der Waals surface area contributed by atoms with Crippen LogP contribution in [0.4, 0.5) is 5.69 Å². The first-order valence-corrected chi connectivity index (χ1v) is 7.66. The van der Waals surface area contributed by atoms with Gasteiger partial charge in [-0.3, -0.25) is 4.79 Å². The number of nitrogens with one attached hydrogen (secondary N) is 1. The number of benzene rings is 1. The maximum atomic E-state index is 11.4. The summed E-state index contributed by atoms with van der Waals surface area (Å²) in [6, 6.07) is 6.14. The zero-order valence-corrected chi connectivity index (χ0v) is 12.5. The molecular formula is C16H22ClNO. The smallest absolute Gasteiger partial charge is 0.228 e. The molecule has 1 aliphatic rings. The van der Waals surface area contributed by atoms with Gasteiger partial charge in [-0.2, -0.15) is 0 Å². The van der Waals surface area contributed by atoms with Crippen molar-refractivity contribution in [3.8, 4) is 0 Å². The molecule has 0 aromatic heterocycles. The lowest BCUT2D eigenvalue weighted by Crippen LogP contribution is -2.08. The van der Waals surface area contributed by atoms with Crippen molar-refractivity contribution in [3.63, 3.8) is 0 Å². The lowest BCUT2D eigenvalue weighted by molar-refractivity contribution is -0.115. The van der Waals surface area contributed by atoms with Crippen LogP contribution in [0.15, 0.2) is 18.2 Å². The van der Waals surface area contributed by atoms with Gasteiger partial charge in [-0.05, 0) is 36.0 Å². The van der Waals surface area contributed by atoms with Crippen molar-refractivity contribution in [2.75, 3.05) is 5.32 Å². The summed E-state index contributed by atoms with van der Waals surface area (Å²) in [5.74, 6) is 0.608. The van der Waals surface area contributed by atoms with Crippen LogP contribution in [0.5, 0.6) is 0 Å². The lowest BCUT2D eigenvalue weighted by atomic mass is 9.90. The molecule has 19 heavy (non-hydrogen) atoms. The normalized spacial score (nSPS) is 15.5. The topological polar surface area (TPSA) is 29.1 Å². The van der Waals surface area contributed by atoms with Gasteiger partial charge < -0.3 is 5.32 Å². The summed E-state index contributed by atoms with van der Waals surface area (Å²) in [7, 11) is 0. The third kappa shape index (κ3) is 3.30. The molecule has 1 aromatic rings. The van der Waals surface area contributed by atoms with Gasteiger partial charge in [-0.15, -0.1) is 11.6 Å². The summed E-state index contributed by atoms with van der Waals surface area (Å²) < 4.78 is 0. The standard InChI is InChI=1S/C16H22ClNO/c1-3-5-11(6-4-2)16(17)12-7-8-14-13(9-12)10-15(19)18-14/h7-9,11,16H,3-6,10H2,1-2H3,(H,18,19). The van der Waals surface area contributed by atoms with Crippen molar-refractivity contribution < 1.29 is 4.79 Å². The molecule has 2 nitrogen and oxygen atoms in total. The number of halogens is 1. The van der Waals surface area contributed by atoms with Crippen molar-refractivity contribution >= 4 is 23.2 Å². The molecule has 0 saturated heterocycles. The molecule has 2 rings (SSSR count). The van der Waals surface area contributed by atoms with Gasteiger partial charge >= 0.3 is 0 Å². The van der Waals surface area contributed by atoms with Crippen LogP contribution in [0.1, 0.15) is 56.0 Å². The van der Waals surface area contributed by atoms with Crippen LogP contribution >= 0.6 is 11.6 Å². The number of rotatable bonds is 6. The molecule has 1 N–H and O–H groups in total. The first-order chi connectivity index (χ1) is 9.15. The van der Waals surface area contributed by atoms with Gasteiger partial charge in [-0.25, -0.2) is 0 Å². The molecule has 1 amide bonds. The zero-order chi connectivity index (χ0) is 13.8. The number of alkyl halides is 1. The molecule has 0 spiro atoms. The fourth-order valence-electron chi connectivity index (χ4n) is 2.87. The summed E-state index contributed by atoms with van der Waals surface area (Å²) in [5, 5.41) is 2.92. The van der Waals surface area contributed by atoms with Crippen LogP contribution in [0.25, 0.3) is 0 Å². The maximum absolute atomic E-state index is 11.4. The molecule has 0 fully saturated rings. The molecular weight excluding hydrogens is 258 g/mol. The Balaban J connectivity index is 2.16. The van der Waals surface area contributed by atoms with Crippen molar-refractivity contribution in [3.05, 3.63) is 29.3 Å². The van der Waals surface area contributed by atoms with Gasteiger partial charge in [0.2, 0.25) is 5.91 Å². The first-order valence-electron chi connectivity index (χ1n) is 7.22. The van der Waals surface area contributed by atoms with E-state index in [0.717, 1.165) is 29.7 Å². The van der Waals surface area contributed by atoms with Crippen molar-refractivity contribution in [2.24, 2.45) is 5.92 Å². The SMILES string of the molecule is CCCC(CCC)C(Cl)c1ccc2c(c1)CC(=O)N2. The minimum atomic E-state index is 0.0564. The highest BCUT2D eigenvalue weighted by molar-refractivity contribution is 6.21. The van der Waals surface area contributed by atoms with E-state index in [2.05, 4.69) is 31.3 Å². The van der Waals surface area contributed by atoms with Gasteiger partial charge in [0.05, 0.1) is 11.8 Å². The Morgan fingerprint density at radius 1 is 1.26 bits per heavy atom. The van der Waals surface area contributed by atoms with E-state index >= 15 is 0 Å². The number of fused-ring (bicyclic) bond motifs is 1. The molecule has 1 heterocycles. The maximum Gasteiger partial charge on any atom is 0.228 e. The van der Waals surface area contributed by atoms with Gasteiger partial charge in [0.15, 0.2) is 0 Å². The van der Waals surface area contributed by atoms with Crippen LogP contribution in [-0.2, 0) is 11.2 Å². The van der Waals surface area contributed by atoms with Gasteiger partial charge in [0.1, 0.15) is 0 Å². The highest BCUT2D eigenvalue weighted by atomic mass is 35.5. The Hall–Kier alpha value is -1.02. The van der Waals surface area contributed by atoms with Crippen LogP contribution in [-0.4, -0.2) is 5.91 Å². The van der Waals surface area contributed by atoms with E-state index in [1.54, 1.807) is 0 Å². The van der Waals surface area contributed by atoms with Crippen LogP contribution in [0, 0.1) is 5.92 Å². The lowest BCUT2D eigenvalue weighted by Gasteiger charge is -2.22. The van der Waals surface area contributed by atoms with E-state index in [-0.39, 0.29) is 11.3 Å². The molecule has 1 atom stereocenters. The Morgan fingerprint density at radius 3 is 2.58 bits per heavy atom. The molecule has 104 valence electrons. The highest BCUT2D eigenvalue weighted by Gasteiger charge is 2.23. The zero-order valence-electron chi connectivity index (χ0n) is 11.7. The second-order valence-corrected chi connectivity index (χ2v) is 5.85. The highest BCUT2D eigenvalue weighted by Crippen LogP contribution is 2.37. The first kappa shape index (κ1) is 14.4. The summed E-state index contributed by atoms with van der Waals surface area (Å²) in [4.78, 5) is 11.4. The Morgan fingerprint density at radius 2 is 1.95 bits per heavy atom. The molecule has 0 radical (unpaired) electrons. The fraction of sp³-hybridized carbons (Fsp3) is 0.562. The molecule has 3 heteroatoms. The summed E-state index contributed by atoms with van der Waals surface area (Å²) in [6.45, 7) is 4.41. The van der Waals surface area contributed by atoms with Gasteiger partial charge in [0, 0.05) is 5.69 Å². The Kier molecular flexibility index (Phi) is 4.87. The predicted octanol–water partition coefficient (Wildman–Crippen LogP) is 4.68. The molecule has 0 bridgehead atoms. The monoisotopic (exact) mass is 279 g/mol.